The van der Waals surface area contributed by atoms with E-state index in [1.54, 1.807) is 25.1 Å². The van der Waals surface area contributed by atoms with Crippen molar-refractivity contribution >= 4 is 33.2 Å². The zero-order valence-corrected chi connectivity index (χ0v) is 18.4. The molecule has 0 radical (unpaired) electrons. The second-order valence-corrected chi connectivity index (χ2v) is 10.2. The number of halogens is 1. The van der Waals surface area contributed by atoms with E-state index in [0.717, 1.165) is 21.9 Å². The number of rotatable bonds is 5. The molecule has 6 nitrogen and oxygen atoms in total. The number of nitrogens with zero attached hydrogens (tertiary/aromatic N) is 1. The lowest BCUT2D eigenvalue weighted by atomic mass is 9.89. The van der Waals surface area contributed by atoms with E-state index in [1.165, 1.54) is 6.07 Å². The number of nitrogens with one attached hydrogen (secondary N) is 1. The molecule has 2 aromatic rings. The first kappa shape index (κ1) is 21.5. The Bertz CT molecular complexity index is 1020. The first-order chi connectivity index (χ1) is 13.5. The van der Waals surface area contributed by atoms with Gasteiger partial charge in [0.1, 0.15) is 17.4 Å². The minimum absolute atomic E-state index is 0.286. The molecule has 3 rings (SSSR count). The van der Waals surface area contributed by atoms with Gasteiger partial charge in [-0.05, 0) is 45.0 Å². The maximum atomic E-state index is 13.1. The van der Waals surface area contributed by atoms with Gasteiger partial charge < -0.3 is 10.1 Å². The van der Waals surface area contributed by atoms with Crippen LogP contribution in [0.25, 0.3) is 0 Å². The Hall–Kier alpha value is -2.25. The summed E-state index contributed by atoms with van der Waals surface area (Å²) in [5.74, 6) is 0.324. The smallest absolute Gasteiger partial charge is 0.244 e. The minimum atomic E-state index is -3.71. The summed E-state index contributed by atoms with van der Waals surface area (Å²) in [6, 6.07) is 12.7. The molecule has 1 amide bonds. The van der Waals surface area contributed by atoms with E-state index in [-0.39, 0.29) is 6.04 Å². The van der Waals surface area contributed by atoms with Gasteiger partial charge in [-0.15, -0.1) is 0 Å². The molecule has 1 aliphatic rings. The van der Waals surface area contributed by atoms with Crippen molar-refractivity contribution in [1.82, 2.24) is 5.32 Å². The summed E-state index contributed by atoms with van der Waals surface area (Å²) in [5.41, 5.74) is 0.760. The van der Waals surface area contributed by atoms with Crippen molar-refractivity contribution < 1.29 is 17.9 Å². The van der Waals surface area contributed by atoms with Crippen LogP contribution in [0, 0.1) is 0 Å². The summed E-state index contributed by atoms with van der Waals surface area (Å²) < 4.78 is 32.0. The molecule has 0 aromatic heterocycles. The lowest BCUT2D eigenvalue weighted by Crippen LogP contribution is -2.50. The first-order valence-electron chi connectivity index (χ1n) is 9.31. The van der Waals surface area contributed by atoms with Gasteiger partial charge in [-0.25, -0.2) is 8.42 Å². The number of benzene rings is 2. The Balaban J connectivity index is 1.89. The third-order valence-corrected chi connectivity index (χ3v) is 6.32. The molecule has 156 valence electrons. The lowest BCUT2D eigenvalue weighted by Gasteiger charge is -2.38. The molecule has 1 aliphatic heterocycles. The fourth-order valence-electron chi connectivity index (χ4n) is 3.65. The van der Waals surface area contributed by atoms with Crippen LogP contribution in [0.1, 0.15) is 38.8 Å². The number of carbonyl (C=O) groups excluding carboxylic acids is 1. The van der Waals surface area contributed by atoms with E-state index in [0.29, 0.717) is 17.1 Å². The molecular formula is C21H25ClN2O4S. The summed E-state index contributed by atoms with van der Waals surface area (Å²) in [6.07, 6.45) is 1.64. The van der Waals surface area contributed by atoms with Crippen molar-refractivity contribution in [3.8, 4) is 5.75 Å². The summed E-state index contributed by atoms with van der Waals surface area (Å²) in [6.45, 7) is 5.48. The third kappa shape index (κ3) is 4.85. The molecule has 1 heterocycles. The molecule has 8 heteroatoms. The molecule has 29 heavy (non-hydrogen) atoms. The third-order valence-electron chi connectivity index (χ3n) is 4.84. The number of sulfonamides is 1. The number of para-hydroxylation sites is 1. The summed E-state index contributed by atoms with van der Waals surface area (Å²) in [4.78, 5) is 13.1. The van der Waals surface area contributed by atoms with E-state index in [1.807, 2.05) is 38.1 Å². The Kier molecular flexibility index (Phi) is 5.83. The van der Waals surface area contributed by atoms with Crippen LogP contribution in [-0.2, 0) is 14.8 Å². The minimum Gasteiger partial charge on any atom is -0.487 e. The summed E-state index contributed by atoms with van der Waals surface area (Å²) in [7, 11) is -3.71. The molecular weight excluding hydrogens is 412 g/mol. The molecule has 0 spiro atoms. The second kappa shape index (κ2) is 7.88. The number of amides is 1. The van der Waals surface area contributed by atoms with Crippen molar-refractivity contribution in [2.75, 3.05) is 10.6 Å². The van der Waals surface area contributed by atoms with Crippen LogP contribution in [0.5, 0.6) is 5.75 Å². The number of anilines is 1. The average molecular weight is 437 g/mol. The van der Waals surface area contributed by atoms with Crippen LogP contribution >= 0.6 is 11.6 Å². The van der Waals surface area contributed by atoms with Crippen LogP contribution in [0.4, 0.5) is 5.69 Å². The molecule has 1 N–H and O–H groups in total. The number of fused-ring (bicyclic) bond motifs is 1. The van der Waals surface area contributed by atoms with Crippen LogP contribution in [0.2, 0.25) is 5.02 Å². The fourth-order valence-corrected chi connectivity index (χ4v) is 5.00. The number of hydrogen-bond acceptors (Lipinski definition) is 4. The van der Waals surface area contributed by atoms with Crippen molar-refractivity contribution in [3.63, 3.8) is 0 Å². The van der Waals surface area contributed by atoms with Gasteiger partial charge in [0.2, 0.25) is 15.9 Å². The standard InChI is InChI=1S/C21H25ClN2O4S/c1-14(24(29(4,26)27)16-9-7-8-15(22)12-16)20(25)23-18-13-21(2,3)28-19-11-6-5-10-17(18)19/h5-12,14,18H,13H2,1-4H3,(H,23,25)/t14-,18+/m1/s1. The molecule has 0 aliphatic carbocycles. The van der Waals surface area contributed by atoms with Crippen LogP contribution in [0.15, 0.2) is 48.5 Å². The summed E-state index contributed by atoms with van der Waals surface area (Å²) >= 11 is 6.03. The predicted molar refractivity (Wildman–Crippen MR) is 115 cm³/mol. The highest BCUT2D eigenvalue weighted by Crippen LogP contribution is 2.39. The van der Waals surface area contributed by atoms with Crippen molar-refractivity contribution in [2.45, 2.75) is 44.9 Å². The largest absolute Gasteiger partial charge is 0.487 e. The molecule has 0 fully saturated rings. The Labute approximate surface area is 176 Å². The lowest BCUT2D eigenvalue weighted by molar-refractivity contribution is -0.123. The fraction of sp³-hybridized carbons (Fsp3) is 0.381. The van der Waals surface area contributed by atoms with E-state index in [2.05, 4.69) is 5.32 Å². The SMILES string of the molecule is C[C@H](C(=O)N[C@H]1CC(C)(C)Oc2ccccc21)N(c1cccc(Cl)c1)S(C)(=O)=O. The Morgan fingerprint density at radius 1 is 1.24 bits per heavy atom. The quantitative estimate of drug-likeness (QED) is 0.770. The van der Waals surface area contributed by atoms with Crippen molar-refractivity contribution in [2.24, 2.45) is 0 Å². The molecule has 0 unspecified atom stereocenters. The number of ether oxygens (including phenoxy) is 1. The van der Waals surface area contributed by atoms with Crippen LogP contribution in [0.3, 0.4) is 0 Å². The zero-order chi connectivity index (χ0) is 21.4. The normalized spacial score (nSPS) is 18.9. The maximum absolute atomic E-state index is 13.1. The summed E-state index contributed by atoms with van der Waals surface area (Å²) in [5, 5.41) is 3.40. The molecule has 2 aromatic carbocycles. The van der Waals surface area contributed by atoms with Crippen LogP contribution < -0.4 is 14.4 Å². The monoisotopic (exact) mass is 436 g/mol. The first-order valence-corrected chi connectivity index (χ1v) is 11.5. The molecule has 0 bridgehead atoms. The zero-order valence-electron chi connectivity index (χ0n) is 16.8. The van der Waals surface area contributed by atoms with Gasteiger partial charge in [0.05, 0.1) is 18.0 Å². The number of hydrogen-bond donors (Lipinski definition) is 1. The van der Waals surface area contributed by atoms with Crippen LogP contribution in [-0.4, -0.2) is 32.2 Å². The van der Waals surface area contributed by atoms with E-state index >= 15 is 0 Å². The molecule has 2 atom stereocenters. The number of carbonyl (C=O) groups is 1. The highest BCUT2D eigenvalue weighted by atomic mass is 35.5. The van der Waals surface area contributed by atoms with E-state index in [4.69, 9.17) is 16.3 Å². The van der Waals surface area contributed by atoms with E-state index < -0.39 is 27.6 Å². The van der Waals surface area contributed by atoms with Gasteiger partial charge >= 0.3 is 0 Å². The second-order valence-electron chi connectivity index (χ2n) is 7.88. The van der Waals surface area contributed by atoms with Gasteiger partial charge in [0, 0.05) is 17.0 Å². The Morgan fingerprint density at radius 2 is 1.93 bits per heavy atom. The topological polar surface area (TPSA) is 75.7 Å². The molecule has 0 saturated carbocycles. The van der Waals surface area contributed by atoms with E-state index in [9.17, 15) is 13.2 Å². The van der Waals surface area contributed by atoms with Gasteiger partial charge in [0.15, 0.2) is 0 Å². The van der Waals surface area contributed by atoms with Crippen molar-refractivity contribution in [3.05, 3.63) is 59.1 Å². The van der Waals surface area contributed by atoms with Gasteiger partial charge in [-0.1, -0.05) is 35.9 Å². The van der Waals surface area contributed by atoms with Crippen molar-refractivity contribution in [1.29, 1.82) is 0 Å². The predicted octanol–water partition coefficient (Wildman–Crippen LogP) is 3.91. The maximum Gasteiger partial charge on any atom is 0.244 e. The van der Waals surface area contributed by atoms with Gasteiger partial charge in [-0.3, -0.25) is 9.10 Å². The highest BCUT2D eigenvalue weighted by Gasteiger charge is 2.36. The van der Waals surface area contributed by atoms with Gasteiger partial charge in [-0.2, -0.15) is 0 Å². The average Bonchev–Trinajstić information content (AvgIpc) is 2.59. The Morgan fingerprint density at radius 3 is 2.59 bits per heavy atom. The molecule has 0 saturated heterocycles. The highest BCUT2D eigenvalue weighted by molar-refractivity contribution is 7.92. The van der Waals surface area contributed by atoms with Gasteiger partial charge in [0.25, 0.3) is 0 Å².